The fourth-order valence-corrected chi connectivity index (χ4v) is 1.63. The van der Waals surface area contributed by atoms with E-state index in [-0.39, 0.29) is 11.6 Å². The molecule has 0 fully saturated rings. The minimum atomic E-state index is -1.07. The SMILES string of the molecule is CSCCN(C)C(=O)Nc1cncc(C(=O)O)c1. The van der Waals surface area contributed by atoms with Crippen LogP contribution in [0.25, 0.3) is 0 Å². The lowest BCUT2D eigenvalue weighted by Gasteiger charge is -2.17. The molecule has 0 bridgehead atoms. The number of pyridine rings is 1. The molecule has 1 rings (SSSR count). The van der Waals surface area contributed by atoms with Gasteiger partial charge in [0.1, 0.15) is 0 Å². The van der Waals surface area contributed by atoms with Gasteiger partial charge in [0.15, 0.2) is 0 Å². The summed E-state index contributed by atoms with van der Waals surface area (Å²) in [5.74, 6) is -0.230. The predicted octanol–water partition coefficient (Wildman–Crippen LogP) is 1.61. The summed E-state index contributed by atoms with van der Waals surface area (Å²) >= 11 is 1.65. The summed E-state index contributed by atoms with van der Waals surface area (Å²) < 4.78 is 0. The van der Waals surface area contributed by atoms with Crippen molar-refractivity contribution in [2.75, 3.05) is 30.9 Å². The molecule has 2 amide bonds. The quantitative estimate of drug-likeness (QED) is 0.848. The van der Waals surface area contributed by atoms with Gasteiger partial charge >= 0.3 is 12.0 Å². The van der Waals surface area contributed by atoms with Crippen molar-refractivity contribution in [3.8, 4) is 0 Å². The summed E-state index contributed by atoms with van der Waals surface area (Å²) in [6, 6.07) is 1.09. The Labute approximate surface area is 109 Å². The Morgan fingerprint density at radius 1 is 1.50 bits per heavy atom. The van der Waals surface area contributed by atoms with Crippen molar-refractivity contribution < 1.29 is 14.7 Å². The largest absolute Gasteiger partial charge is 0.478 e. The second kappa shape index (κ2) is 6.85. The van der Waals surface area contributed by atoms with Crippen LogP contribution >= 0.6 is 11.8 Å². The van der Waals surface area contributed by atoms with E-state index >= 15 is 0 Å². The fraction of sp³-hybridized carbons (Fsp3) is 0.364. The van der Waals surface area contributed by atoms with E-state index in [2.05, 4.69) is 10.3 Å². The van der Waals surface area contributed by atoms with Gasteiger partial charge in [-0.3, -0.25) is 4.98 Å². The number of amides is 2. The molecular formula is C11H15N3O3S. The van der Waals surface area contributed by atoms with Crippen molar-refractivity contribution in [1.82, 2.24) is 9.88 Å². The number of nitrogens with one attached hydrogen (secondary N) is 1. The highest BCUT2D eigenvalue weighted by Gasteiger charge is 2.10. The first-order valence-electron chi connectivity index (χ1n) is 5.24. The van der Waals surface area contributed by atoms with E-state index in [1.165, 1.54) is 23.4 Å². The third kappa shape index (κ3) is 4.25. The van der Waals surface area contributed by atoms with Crippen LogP contribution in [0.3, 0.4) is 0 Å². The Hall–Kier alpha value is -1.76. The van der Waals surface area contributed by atoms with Gasteiger partial charge in [-0.2, -0.15) is 11.8 Å². The summed E-state index contributed by atoms with van der Waals surface area (Å²) in [5, 5.41) is 11.4. The average Bonchev–Trinajstić information content (AvgIpc) is 2.36. The van der Waals surface area contributed by atoms with Crippen LogP contribution in [0.2, 0.25) is 0 Å². The maximum Gasteiger partial charge on any atom is 0.337 e. The monoisotopic (exact) mass is 269 g/mol. The molecule has 1 aromatic rings. The highest BCUT2D eigenvalue weighted by molar-refractivity contribution is 7.98. The molecular weight excluding hydrogens is 254 g/mol. The number of rotatable bonds is 5. The van der Waals surface area contributed by atoms with Crippen molar-refractivity contribution in [3.63, 3.8) is 0 Å². The molecule has 0 saturated heterocycles. The molecule has 7 heteroatoms. The number of carboxylic acid groups (broad SMARTS) is 1. The normalized spacial score (nSPS) is 9.89. The van der Waals surface area contributed by atoms with E-state index in [0.717, 1.165) is 5.75 Å². The van der Waals surface area contributed by atoms with Crippen LogP contribution < -0.4 is 5.32 Å². The molecule has 0 aliphatic rings. The smallest absolute Gasteiger partial charge is 0.337 e. The van der Waals surface area contributed by atoms with Crippen molar-refractivity contribution >= 4 is 29.4 Å². The van der Waals surface area contributed by atoms with Gasteiger partial charge in [0.05, 0.1) is 17.4 Å². The molecule has 0 radical (unpaired) electrons. The second-order valence-electron chi connectivity index (χ2n) is 3.61. The fourth-order valence-electron chi connectivity index (χ4n) is 1.17. The highest BCUT2D eigenvalue weighted by Crippen LogP contribution is 2.09. The van der Waals surface area contributed by atoms with Gasteiger partial charge < -0.3 is 15.3 Å². The Morgan fingerprint density at radius 2 is 2.22 bits per heavy atom. The van der Waals surface area contributed by atoms with Crippen LogP contribution in [0.15, 0.2) is 18.5 Å². The molecule has 2 N–H and O–H groups in total. The van der Waals surface area contributed by atoms with Gasteiger partial charge in [-0.05, 0) is 12.3 Å². The maximum atomic E-state index is 11.7. The molecule has 1 aromatic heterocycles. The molecule has 0 aromatic carbocycles. The molecule has 0 saturated carbocycles. The Kier molecular flexibility index (Phi) is 5.44. The summed E-state index contributed by atoms with van der Waals surface area (Å²) in [7, 11) is 1.68. The number of anilines is 1. The lowest BCUT2D eigenvalue weighted by Crippen LogP contribution is -2.33. The number of aromatic nitrogens is 1. The molecule has 0 aliphatic carbocycles. The molecule has 6 nitrogen and oxygen atoms in total. The first-order chi connectivity index (χ1) is 8.54. The van der Waals surface area contributed by atoms with Crippen LogP contribution in [0.1, 0.15) is 10.4 Å². The van der Waals surface area contributed by atoms with Gasteiger partial charge in [0.2, 0.25) is 0 Å². The van der Waals surface area contributed by atoms with E-state index in [9.17, 15) is 9.59 Å². The number of thioether (sulfide) groups is 1. The Morgan fingerprint density at radius 3 is 2.83 bits per heavy atom. The summed E-state index contributed by atoms with van der Waals surface area (Å²) in [4.78, 5) is 27.8. The first kappa shape index (κ1) is 14.3. The van der Waals surface area contributed by atoms with E-state index < -0.39 is 5.97 Å². The van der Waals surface area contributed by atoms with Crippen molar-refractivity contribution in [3.05, 3.63) is 24.0 Å². The van der Waals surface area contributed by atoms with Gasteiger partial charge in [0.25, 0.3) is 0 Å². The standard InChI is InChI=1S/C11H15N3O3S/c1-14(3-4-18-2)11(17)13-9-5-8(10(15)16)6-12-7-9/h5-7H,3-4H2,1-2H3,(H,13,17)(H,15,16). The van der Waals surface area contributed by atoms with E-state index in [1.807, 2.05) is 6.26 Å². The van der Waals surface area contributed by atoms with Crippen LogP contribution in [-0.4, -0.2) is 52.6 Å². The Balaban J connectivity index is 2.64. The number of carbonyl (C=O) groups is 2. The number of urea groups is 1. The third-order valence-electron chi connectivity index (χ3n) is 2.21. The molecule has 0 aliphatic heterocycles. The van der Waals surface area contributed by atoms with E-state index in [0.29, 0.717) is 12.2 Å². The van der Waals surface area contributed by atoms with Crippen LogP contribution in [-0.2, 0) is 0 Å². The van der Waals surface area contributed by atoms with E-state index in [1.54, 1.807) is 18.8 Å². The molecule has 0 spiro atoms. The van der Waals surface area contributed by atoms with Crippen molar-refractivity contribution in [2.24, 2.45) is 0 Å². The van der Waals surface area contributed by atoms with Gasteiger partial charge in [0, 0.05) is 25.5 Å². The second-order valence-corrected chi connectivity index (χ2v) is 4.60. The first-order valence-corrected chi connectivity index (χ1v) is 6.63. The number of nitrogens with zero attached hydrogens (tertiary/aromatic N) is 2. The van der Waals surface area contributed by atoms with Crippen molar-refractivity contribution in [2.45, 2.75) is 0 Å². The molecule has 98 valence electrons. The number of carbonyl (C=O) groups excluding carboxylic acids is 1. The van der Waals surface area contributed by atoms with Crippen LogP contribution in [0.4, 0.5) is 10.5 Å². The number of hydrogen-bond acceptors (Lipinski definition) is 4. The molecule has 0 unspecified atom stereocenters. The summed E-state index contributed by atoms with van der Waals surface area (Å²) in [6.45, 7) is 0.624. The number of aromatic carboxylic acids is 1. The van der Waals surface area contributed by atoms with Crippen molar-refractivity contribution in [1.29, 1.82) is 0 Å². The van der Waals surface area contributed by atoms with Gasteiger partial charge in [-0.25, -0.2) is 9.59 Å². The number of carboxylic acids is 1. The number of hydrogen-bond donors (Lipinski definition) is 2. The minimum absolute atomic E-state index is 0.0413. The molecule has 0 atom stereocenters. The van der Waals surface area contributed by atoms with Crippen LogP contribution in [0, 0.1) is 0 Å². The summed E-state index contributed by atoms with van der Waals surface area (Å²) in [6.07, 6.45) is 4.61. The predicted molar refractivity (Wildman–Crippen MR) is 71.2 cm³/mol. The Bertz CT molecular complexity index is 439. The maximum absolute atomic E-state index is 11.7. The zero-order chi connectivity index (χ0) is 13.5. The van der Waals surface area contributed by atoms with Gasteiger partial charge in [-0.15, -0.1) is 0 Å². The van der Waals surface area contributed by atoms with E-state index in [4.69, 9.17) is 5.11 Å². The topological polar surface area (TPSA) is 82.5 Å². The third-order valence-corrected chi connectivity index (χ3v) is 2.80. The lowest BCUT2D eigenvalue weighted by atomic mass is 10.2. The van der Waals surface area contributed by atoms with Gasteiger partial charge in [-0.1, -0.05) is 0 Å². The summed E-state index contributed by atoms with van der Waals surface area (Å²) in [5.41, 5.74) is 0.412. The van der Waals surface area contributed by atoms with Crippen LogP contribution in [0.5, 0.6) is 0 Å². The highest BCUT2D eigenvalue weighted by atomic mass is 32.2. The molecule has 1 heterocycles. The minimum Gasteiger partial charge on any atom is -0.478 e. The molecule has 18 heavy (non-hydrogen) atoms. The average molecular weight is 269 g/mol. The lowest BCUT2D eigenvalue weighted by molar-refractivity contribution is 0.0696. The zero-order valence-corrected chi connectivity index (χ0v) is 11.0. The zero-order valence-electron chi connectivity index (χ0n) is 10.2.